The molecule has 2 aromatic carbocycles. The summed E-state index contributed by atoms with van der Waals surface area (Å²) in [6.45, 7) is 0.103. The van der Waals surface area contributed by atoms with Crippen molar-refractivity contribution in [1.82, 2.24) is 10.3 Å². The minimum absolute atomic E-state index is 0.156. The first-order valence-electron chi connectivity index (χ1n) is 10.4. The second-order valence-corrected chi connectivity index (χ2v) is 7.96. The molecule has 1 aliphatic rings. The number of nitrogens with zero attached hydrogens (tertiary/aromatic N) is 1. The normalized spacial score (nSPS) is 15.2. The van der Waals surface area contributed by atoms with Crippen LogP contribution in [0.1, 0.15) is 48.0 Å². The van der Waals surface area contributed by atoms with Crippen molar-refractivity contribution >= 4 is 16.8 Å². The number of fused-ring (bicyclic) bond motifs is 1. The lowest BCUT2D eigenvalue weighted by molar-refractivity contribution is 0.0389. The van der Waals surface area contributed by atoms with E-state index in [9.17, 15) is 18.7 Å². The smallest absolute Gasteiger partial charge is 0.252 e. The Kier molecular flexibility index (Phi) is 6.13. The van der Waals surface area contributed by atoms with Crippen molar-refractivity contribution < 1.29 is 23.4 Å². The van der Waals surface area contributed by atoms with Crippen LogP contribution in [0.25, 0.3) is 10.9 Å². The molecule has 31 heavy (non-hydrogen) atoms. The molecular weight excluding hydrogens is 402 g/mol. The molecule has 1 saturated carbocycles. The lowest BCUT2D eigenvalue weighted by atomic mass is 9.98. The van der Waals surface area contributed by atoms with Gasteiger partial charge < -0.3 is 15.2 Å². The van der Waals surface area contributed by atoms with Gasteiger partial charge in [0.05, 0.1) is 22.2 Å². The third-order valence-electron chi connectivity index (χ3n) is 5.81. The average molecular weight is 426 g/mol. The molecule has 1 heterocycles. The van der Waals surface area contributed by atoms with Gasteiger partial charge >= 0.3 is 0 Å². The number of rotatable bonds is 7. The van der Waals surface area contributed by atoms with Gasteiger partial charge in [-0.2, -0.15) is 0 Å². The van der Waals surface area contributed by atoms with Crippen LogP contribution in [-0.2, 0) is 6.61 Å². The van der Waals surface area contributed by atoms with Gasteiger partial charge in [-0.15, -0.1) is 0 Å². The minimum Gasteiger partial charge on any atom is -0.489 e. The standard InChI is InChI=1S/C24H24F2N2O3/c25-20-4-3-5-21(26)19(20)15-31-16-6-7-22-18(14-16)17(8-12-27-22)23(29)28-13-11-24(30)9-1-2-10-24/h3-8,12,14,30H,1-2,9-11,13,15H2,(H,28,29). The predicted molar refractivity (Wildman–Crippen MR) is 113 cm³/mol. The van der Waals surface area contributed by atoms with Gasteiger partial charge in [0.2, 0.25) is 0 Å². The van der Waals surface area contributed by atoms with Gasteiger partial charge in [-0.25, -0.2) is 8.78 Å². The lowest BCUT2D eigenvalue weighted by Gasteiger charge is -2.22. The van der Waals surface area contributed by atoms with Gasteiger partial charge in [-0.05, 0) is 55.7 Å². The molecule has 162 valence electrons. The van der Waals surface area contributed by atoms with Crippen LogP contribution in [0.5, 0.6) is 5.75 Å². The number of benzene rings is 2. The maximum Gasteiger partial charge on any atom is 0.252 e. The number of hydrogen-bond donors (Lipinski definition) is 2. The van der Waals surface area contributed by atoms with E-state index < -0.39 is 17.2 Å². The Morgan fingerprint density at radius 1 is 1.13 bits per heavy atom. The molecule has 7 heteroatoms. The van der Waals surface area contributed by atoms with Crippen LogP contribution in [0.4, 0.5) is 8.78 Å². The second-order valence-electron chi connectivity index (χ2n) is 7.96. The van der Waals surface area contributed by atoms with Gasteiger partial charge in [-0.3, -0.25) is 9.78 Å². The van der Waals surface area contributed by atoms with Gasteiger partial charge in [0.1, 0.15) is 24.0 Å². The molecule has 0 radical (unpaired) electrons. The summed E-state index contributed by atoms with van der Waals surface area (Å²) in [5, 5.41) is 13.9. The molecule has 0 saturated heterocycles. The number of ether oxygens (including phenoxy) is 1. The van der Waals surface area contributed by atoms with Crippen molar-refractivity contribution in [3.8, 4) is 5.75 Å². The van der Waals surface area contributed by atoms with E-state index in [4.69, 9.17) is 4.74 Å². The summed E-state index contributed by atoms with van der Waals surface area (Å²) in [5.74, 6) is -1.25. The third kappa shape index (κ3) is 4.82. The number of pyridine rings is 1. The maximum absolute atomic E-state index is 13.8. The highest BCUT2D eigenvalue weighted by Gasteiger charge is 2.30. The number of halogens is 2. The topological polar surface area (TPSA) is 71.5 Å². The molecule has 0 atom stereocenters. The Labute approximate surface area is 179 Å². The fourth-order valence-corrected chi connectivity index (χ4v) is 4.03. The number of amides is 1. The van der Waals surface area contributed by atoms with Crippen molar-refractivity contribution in [2.24, 2.45) is 0 Å². The largest absolute Gasteiger partial charge is 0.489 e. The third-order valence-corrected chi connectivity index (χ3v) is 5.81. The fraction of sp³-hybridized carbons (Fsp3) is 0.333. The summed E-state index contributed by atoms with van der Waals surface area (Å²) >= 11 is 0. The highest BCUT2D eigenvalue weighted by Crippen LogP contribution is 2.32. The Balaban J connectivity index is 1.48. The molecule has 0 unspecified atom stereocenters. The molecule has 1 aliphatic carbocycles. The van der Waals surface area contributed by atoms with Gasteiger partial charge in [0, 0.05) is 18.1 Å². The van der Waals surface area contributed by atoms with Gasteiger partial charge in [-0.1, -0.05) is 18.9 Å². The van der Waals surface area contributed by atoms with Crippen molar-refractivity contribution in [2.45, 2.75) is 44.3 Å². The number of aliphatic hydroxyl groups is 1. The van der Waals surface area contributed by atoms with E-state index in [-0.39, 0.29) is 18.1 Å². The van der Waals surface area contributed by atoms with E-state index in [2.05, 4.69) is 10.3 Å². The molecular formula is C24H24F2N2O3. The molecule has 0 aliphatic heterocycles. The molecule has 0 bridgehead atoms. The van der Waals surface area contributed by atoms with Gasteiger partial charge in [0.15, 0.2) is 0 Å². The van der Waals surface area contributed by atoms with Crippen molar-refractivity contribution in [2.75, 3.05) is 6.54 Å². The first kappa shape index (κ1) is 21.2. The maximum atomic E-state index is 13.8. The van der Waals surface area contributed by atoms with Crippen LogP contribution < -0.4 is 10.1 Å². The van der Waals surface area contributed by atoms with E-state index in [1.165, 1.54) is 18.2 Å². The Morgan fingerprint density at radius 2 is 1.87 bits per heavy atom. The predicted octanol–water partition coefficient (Wildman–Crippen LogP) is 4.52. The fourth-order valence-electron chi connectivity index (χ4n) is 4.03. The molecule has 5 nitrogen and oxygen atoms in total. The van der Waals surface area contributed by atoms with Crippen molar-refractivity contribution in [3.05, 3.63) is 71.4 Å². The lowest BCUT2D eigenvalue weighted by Crippen LogP contribution is -2.33. The van der Waals surface area contributed by atoms with E-state index in [0.717, 1.165) is 25.7 Å². The highest BCUT2D eigenvalue weighted by molar-refractivity contribution is 6.06. The van der Waals surface area contributed by atoms with E-state index >= 15 is 0 Å². The zero-order valence-electron chi connectivity index (χ0n) is 17.0. The zero-order valence-corrected chi connectivity index (χ0v) is 17.0. The van der Waals surface area contributed by atoms with E-state index in [0.29, 0.717) is 35.2 Å². The van der Waals surface area contributed by atoms with E-state index in [1.54, 1.807) is 30.5 Å². The molecule has 4 rings (SSSR count). The number of carbonyl (C=O) groups is 1. The summed E-state index contributed by atoms with van der Waals surface area (Å²) in [6, 6.07) is 10.2. The first-order valence-corrected chi connectivity index (χ1v) is 10.4. The van der Waals surface area contributed by atoms with Crippen LogP contribution in [-0.4, -0.2) is 28.1 Å². The second kappa shape index (κ2) is 8.98. The number of nitrogens with one attached hydrogen (secondary N) is 1. The molecule has 1 fully saturated rings. The minimum atomic E-state index is -0.684. The van der Waals surface area contributed by atoms with E-state index in [1.807, 2.05) is 0 Å². The molecule has 1 aromatic heterocycles. The van der Waals surface area contributed by atoms with Crippen molar-refractivity contribution in [3.63, 3.8) is 0 Å². The SMILES string of the molecule is O=C(NCCC1(O)CCCC1)c1ccnc2ccc(OCc3c(F)cccc3F)cc12. The summed E-state index contributed by atoms with van der Waals surface area (Å²) in [5.41, 5.74) is 0.186. The first-order chi connectivity index (χ1) is 15.0. The monoisotopic (exact) mass is 426 g/mol. The summed E-state index contributed by atoms with van der Waals surface area (Å²) in [7, 11) is 0. The van der Waals surface area contributed by atoms with Crippen LogP contribution in [0.15, 0.2) is 48.7 Å². The Bertz CT molecular complexity index is 1080. The Hall–Kier alpha value is -3.06. The molecule has 3 aromatic rings. The average Bonchev–Trinajstić information content (AvgIpc) is 3.19. The molecule has 0 spiro atoms. The molecule has 2 N–H and O–H groups in total. The van der Waals surface area contributed by atoms with Gasteiger partial charge in [0.25, 0.3) is 5.91 Å². The summed E-state index contributed by atoms with van der Waals surface area (Å²) in [6.07, 6.45) is 5.63. The highest BCUT2D eigenvalue weighted by atomic mass is 19.1. The van der Waals surface area contributed by atoms with Crippen molar-refractivity contribution in [1.29, 1.82) is 0 Å². The Morgan fingerprint density at radius 3 is 2.61 bits per heavy atom. The van der Waals surface area contributed by atoms with Crippen LogP contribution in [0.3, 0.4) is 0 Å². The quantitative estimate of drug-likeness (QED) is 0.583. The number of aromatic nitrogens is 1. The molecule has 1 amide bonds. The zero-order chi connectivity index (χ0) is 21.8. The number of hydrogen-bond acceptors (Lipinski definition) is 4. The summed E-state index contributed by atoms with van der Waals surface area (Å²) in [4.78, 5) is 17.0. The number of carbonyl (C=O) groups excluding carboxylic acids is 1. The summed E-state index contributed by atoms with van der Waals surface area (Å²) < 4.78 is 33.3. The van der Waals surface area contributed by atoms with Crippen LogP contribution >= 0.6 is 0 Å². The van der Waals surface area contributed by atoms with Crippen LogP contribution in [0, 0.1) is 11.6 Å². The van der Waals surface area contributed by atoms with Crippen LogP contribution in [0.2, 0.25) is 0 Å².